The Morgan fingerprint density at radius 2 is 1.92 bits per heavy atom. The first-order chi connectivity index (χ1) is 6.09. The SMILES string of the molecule is CC(C)NC(=O)NC(C)C1CNC1. The maximum atomic E-state index is 11.3. The van der Waals surface area contributed by atoms with Crippen LogP contribution in [0, 0.1) is 5.92 Å². The molecule has 1 aliphatic heterocycles. The van der Waals surface area contributed by atoms with E-state index in [1.807, 2.05) is 20.8 Å². The van der Waals surface area contributed by atoms with Crippen molar-refractivity contribution in [1.82, 2.24) is 16.0 Å². The Kier molecular flexibility index (Phi) is 3.54. The Hall–Kier alpha value is -0.770. The monoisotopic (exact) mass is 185 g/mol. The second kappa shape index (κ2) is 4.46. The van der Waals surface area contributed by atoms with Gasteiger partial charge in [0.05, 0.1) is 0 Å². The molecular formula is C9H19N3O. The Morgan fingerprint density at radius 1 is 1.31 bits per heavy atom. The predicted molar refractivity (Wildman–Crippen MR) is 52.6 cm³/mol. The van der Waals surface area contributed by atoms with Gasteiger partial charge in [-0.05, 0) is 20.8 Å². The molecule has 3 N–H and O–H groups in total. The molecular weight excluding hydrogens is 166 g/mol. The second-order valence-electron chi connectivity index (χ2n) is 3.98. The van der Waals surface area contributed by atoms with E-state index in [0.717, 1.165) is 13.1 Å². The first-order valence-corrected chi connectivity index (χ1v) is 4.87. The van der Waals surface area contributed by atoms with Gasteiger partial charge in [0.2, 0.25) is 0 Å². The number of carbonyl (C=O) groups is 1. The van der Waals surface area contributed by atoms with Crippen LogP contribution in [0.4, 0.5) is 4.79 Å². The fourth-order valence-electron chi connectivity index (χ4n) is 1.29. The van der Waals surface area contributed by atoms with Crippen LogP contribution >= 0.6 is 0 Å². The van der Waals surface area contributed by atoms with E-state index in [1.54, 1.807) is 0 Å². The van der Waals surface area contributed by atoms with Crippen LogP contribution in [0.25, 0.3) is 0 Å². The largest absolute Gasteiger partial charge is 0.336 e. The fourth-order valence-corrected chi connectivity index (χ4v) is 1.29. The van der Waals surface area contributed by atoms with Gasteiger partial charge in [-0.2, -0.15) is 0 Å². The van der Waals surface area contributed by atoms with E-state index in [4.69, 9.17) is 0 Å². The van der Waals surface area contributed by atoms with Crippen molar-refractivity contribution in [3.63, 3.8) is 0 Å². The molecule has 0 aromatic heterocycles. The third kappa shape index (κ3) is 3.22. The zero-order chi connectivity index (χ0) is 9.84. The highest BCUT2D eigenvalue weighted by molar-refractivity contribution is 5.74. The summed E-state index contributed by atoms with van der Waals surface area (Å²) in [4.78, 5) is 11.3. The molecule has 2 amide bonds. The van der Waals surface area contributed by atoms with Crippen LogP contribution in [0.1, 0.15) is 20.8 Å². The normalized spacial score (nSPS) is 19.4. The van der Waals surface area contributed by atoms with E-state index in [1.165, 1.54) is 0 Å². The van der Waals surface area contributed by atoms with Crippen LogP contribution in [0.5, 0.6) is 0 Å². The zero-order valence-electron chi connectivity index (χ0n) is 8.55. The molecule has 0 spiro atoms. The lowest BCUT2D eigenvalue weighted by molar-refractivity contribution is 0.220. The molecule has 0 bridgehead atoms. The number of rotatable bonds is 3. The average Bonchev–Trinajstić information content (AvgIpc) is 1.78. The van der Waals surface area contributed by atoms with E-state index in [-0.39, 0.29) is 18.1 Å². The summed E-state index contributed by atoms with van der Waals surface area (Å²) in [5.74, 6) is 0.595. The molecule has 4 nitrogen and oxygen atoms in total. The zero-order valence-corrected chi connectivity index (χ0v) is 8.55. The summed E-state index contributed by atoms with van der Waals surface area (Å²) in [6, 6.07) is 0.404. The molecule has 1 fully saturated rings. The van der Waals surface area contributed by atoms with Gasteiger partial charge in [-0.15, -0.1) is 0 Å². The van der Waals surface area contributed by atoms with Crippen molar-refractivity contribution in [2.45, 2.75) is 32.9 Å². The van der Waals surface area contributed by atoms with Gasteiger partial charge in [0.25, 0.3) is 0 Å². The van der Waals surface area contributed by atoms with Crippen LogP contribution in [-0.4, -0.2) is 31.2 Å². The minimum Gasteiger partial charge on any atom is -0.336 e. The molecule has 13 heavy (non-hydrogen) atoms. The first kappa shape index (κ1) is 10.3. The predicted octanol–water partition coefficient (Wildman–Crippen LogP) is 0.302. The molecule has 0 aromatic carbocycles. The molecule has 0 radical (unpaired) electrons. The third-order valence-electron chi connectivity index (χ3n) is 2.30. The first-order valence-electron chi connectivity index (χ1n) is 4.87. The van der Waals surface area contributed by atoms with Crippen molar-refractivity contribution in [2.24, 2.45) is 5.92 Å². The van der Waals surface area contributed by atoms with E-state index in [0.29, 0.717) is 5.92 Å². The molecule has 1 atom stereocenters. The van der Waals surface area contributed by atoms with E-state index >= 15 is 0 Å². The molecule has 1 heterocycles. The minimum absolute atomic E-state index is 0.0607. The maximum Gasteiger partial charge on any atom is 0.315 e. The lowest BCUT2D eigenvalue weighted by Gasteiger charge is -2.33. The van der Waals surface area contributed by atoms with Crippen molar-refractivity contribution in [3.05, 3.63) is 0 Å². The van der Waals surface area contributed by atoms with Crippen molar-refractivity contribution >= 4 is 6.03 Å². The molecule has 1 unspecified atom stereocenters. The molecule has 0 aliphatic carbocycles. The number of hydrogen-bond acceptors (Lipinski definition) is 2. The highest BCUT2D eigenvalue weighted by Gasteiger charge is 2.24. The topological polar surface area (TPSA) is 53.2 Å². The summed E-state index contributed by atoms with van der Waals surface area (Å²) in [5.41, 5.74) is 0. The smallest absolute Gasteiger partial charge is 0.315 e. The Balaban J connectivity index is 2.18. The van der Waals surface area contributed by atoms with Crippen molar-refractivity contribution in [2.75, 3.05) is 13.1 Å². The summed E-state index contributed by atoms with van der Waals surface area (Å²) in [7, 11) is 0. The van der Waals surface area contributed by atoms with Crippen molar-refractivity contribution in [3.8, 4) is 0 Å². The van der Waals surface area contributed by atoms with Gasteiger partial charge in [-0.1, -0.05) is 0 Å². The molecule has 76 valence electrons. The molecule has 1 aliphatic rings. The standard InChI is InChI=1S/C9H19N3O/c1-6(2)11-9(13)12-7(3)8-4-10-5-8/h6-8,10H,4-5H2,1-3H3,(H2,11,12,13). The number of nitrogens with one attached hydrogen (secondary N) is 3. The third-order valence-corrected chi connectivity index (χ3v) is 2.30. The quantitative estimate of drug-likeness (QED) is 0.592. The Labute approximate surface area is 79.5 Å². The highest BCUT2D eigenvalue weighted by atomic mass is 16.2. The van der Waals surface area contributed by atoms with Crippen LogP contribution in [-0.2, 0) is 0 Å². The number of amides is 2. The van der Waals surface area contributed by atoms with Crippen molar-refractivity contribution < 1.29 is 4.79 Å². The Morgan fingerprint density at radius 3 is 2.31 bits per heavy atom. The molecule has 1 saturated heterocycles. The molecule has 0 saturated carbocycles. The lowest BCUT2D eigenvalue weighted by atomic mass is 9.95. The van der Waals surface area contributed by atoms with Crippen LogP contribution < -0.4 is 16.0 Å². The Bertz CT molecular complexity index is 178. The van der Waals surface area contributed by atoms with E-state index in [9.17, 15) is 4.79 Å². The summed E-state index contributed by atoms with van der Waals surface area (Å²) >= 11 is 0. The number of hydrogen-bond donors (Lipinski definition) is 3. The molecule has 1 rings (SSSR count). The minimum atomic E-state index is -0.0607. The molecule has 4 heteroatoms. The van der Waals surface area contributed by atoms with Gasteiger partial charge in [-0.3, -0.25) is 0 Å². The van der Waals surface area contributed by atoms with Crippen molar-refractivity contribution in [1.29, 1.82) is 0 Å². The average molecular weight is 185 g/mol. The number of carbonyl (C=O) groups excluding carboxylic acids is 1. The summed E-state index contributed by atoms with van der Waals surface area (Å²) in [6.45, 7) is 7.99. The van der Waals surface area contributed by atoms with E-state index in [2.05, 4.69) is 16.0 Å². The fraction of sp³-hybridized carbons (Fsp3) is 0.889. The van der Waals surface area contributed by atoms with Crippen LogP contribution in [0.3, 0.4) is 0 Å². The van der Waals surface area contributed by atoms with E-state index < -0.39 is 0 Å². The van der Waals surface area contributed by atoms with Gasteiger partial charge in [0, 0.05) is 31.1 Å². The lowest BCUT2D eigenvalue weighted by Crippen LogP contribution is -2.55. The highest BCUT2D eigenvalue weighted by Crippen LogP contribution is 2.07. The van der Waals surface area contributed by atoms with Gasteiger partial charge in [-0.25, -0.2) is 4.79 Å². The summed E-state index contributed by atoms with van der Waals surface area (Å²) < 4.78 is 0. The molecule has 0 aromatic rings. The second-order valence-corrected chi connectivity index (χ2v) is 3.98. The van der Waals surface area contributed by atoms with Gasteiger partial charge in [0.15, 0.2) is 0 Å². The summed E-state index contributed by atoms with van der Waals surface area (Å²) in [6.07, 6.45) is 0. The van der Waals surface area contributed by atoms with Gasteiger partial charge >= 0.3 is 6.03 Å². The van der Waals surface area contributed by atoms with Gasteiger partial charge < -0.3 is 16.0 Å². The summed E-state index contributed by atoms with van der Waals surface area (Å²) in [5, 5.41) is 8.91. The van der Waals surface area contributed by atoms with Crippen LogP contribution in [0.15, 0.2) is 0 Å². The van der Waals surface area contributed by atoms with Gasteiger partial charge in [0.1, 0.15) is 0 Å². The van der Waals surface area contributed by atoms with Crippen LogP contribution in [0.2, 0.25) is 0 Å². The maximum absolute atomic E-state index is 11.3. The number of urea groups is 1.